The molecule has 108 valence electrons. The third-order valence-electron chi connectivity index (χ3n) is 3.70. The molecule has 0 saturated carbocycles. The average molecular weight is 278 g/mol. The lowest BCUT2D eigenvalue weighted by molar-refractivity contribution is -0.137. The van der Waals surface area contributed by atoms with Crippen molar-refractivity contribution < 1.29 is 19.8 Å². The highest BCUT2D eigenvalue weighted by Crippen LogP contribution is 2.24. The largest absolute Gasteiger partial charge is 0.505 e. The lowest BCUT2D eigenvalue weighted by atomic mass is 9.92. The van der Waals surface area contributed by atoms with Gasteiger partial charge >= 0.3 is 5.97 Å². The zero-order chi connectivity index (χ0) is 14.5. The molecule has 1 saturated heterocycles. The Hall–Kier alpha value is -2.11. The first-order valence-electron chi connectivity index (χ1n) is 6.72. The van der Waals surface area contributed by atoms with Crippen molar-refractivity contribution in [1.82, 2.24) is 9.88 Å². The van der Waals surface area contributed by atoms with Gasteiger partial charge in [-0.25, -0.2) is 0 Å². The molecule has 1 aromatic rings. The number of likely N-dealkylation sites (tertiary alicyclic amines) is 1. The summed E-state index contributed by atoms with van der Waals surface area (Å²) >= 11 is 0. The zero-order valence-corrected chi connectivity index (χ0v) is 11.2. The summed E-state index contributed by atoms with van der Waals surface area (Å²) in [4.78, 5) is 28.2. The van der Waals surface area contributed by atoms with Gasteiger partial charge in [-0.3, -0.25) is 14.6 Å². The summed E-state index contributed by atoms with van der Waals surface area (Å²) < 4.78 is 0. The molecule has 1 aliphatic heterocycles. The van der Waals surface area contributed by atoms with E-state index in [-0.39, 0.29) is 23.6 Å². The van der Waals surface area contributed by atoms with E-state index in [1.165, 1.54) is 18.5 Å². The number of hydrogen-bond acceptors (Lipinski definition) is 4. The predicted molar refractivity (Wildman–Crippen MR) is 71.4 cm³/mol. The summed E-state index contributed by atoms with van der Waals surface area (Å²) in [6.07, 6.45) is 5.21. The van der Waals surface area contributed by atoms with Gasteiger partial charge in [0.25, 0.3) is 5.91 Å². The lowest BCUT2D eigenvalue weighted by Gasteiger charge is -2.32. The fourth-order valence-electron chi connectivity index (χ4n) is 2.49. The van der Waals surface area contributed by atoms with Crippen molar-refractivity contribution in [2.75, 3.05) is 13.1 Å². The van der Waals surface area contributed by atoms with Gasteiger partial charge in [0.05, 0.1) is 11.8 Å². The molecule has 0 bridgehead atoms. The molecule has 0 atom stereocenters. The number of carboxylic acid groups (broad SMARTS) is 1. The van der Waals surface area contributed by atoms with Crippen LogP contribution >= 0.6 is 0 Å². The predicted octanol–water partition coefficient (Wildman–Crippen LogP) is 1.50. The first kappa shape index (κ1) is 14.3. The highest BCUT2D eigenvalue weighted by Gasteiger charge is 2.25. The standard InChI is InChI=1S/C14H18N2O4/c17-12-9-15-6-3-11(12)14(20)16-7-4-10(5-8-16)1-2-13(18)19/h3,6,9-10,17H,1-2,4-5,7-8H2,(H,18,19). The zero-order valence-electron chi connectivity index (χ0n) is 11.2. The molecule has 2 heterocycles. The van der Waals surface area contributed by atoms with Crippen LogP contribution in [-0.2, 0) is 4.79 Å². The quantitative estimate of drug-likeness (QED) is 0.871. The van der Waals surface area contributed by atoms with E-state index in [1.54, 1.807) is 4.90 Å². The van der Waals surface area contributed by atoms with Crippen LogP contribution in [0.4, 0.5) is 0 Å². The first-order valence-corrected chi connectivity index (χ1v) is 6.72. The second-order valence-electron chi connectivity index (χ2n) is 5.06. The number of rotatable bonds is 4. The number of hydrogen-bond donors (Lipinski definition) is 2. The molecular formula is C14H18N2O4. The molecule has 1 fully saturated rings. The molecule has 1 aromatic heterocycles. The molecule has 0 aliphatic carbocycles. The number of amides is 1. The molecule has 0 spiro atoms. The van der Waals surface area contributed by atoms with E-state index < -0.39 is 5.97 Å². The van der Waals surface area contributed by atoms with Gasteiger partial charge in [-0.1, -0.05) is 0 Å². The minimum atomic E-state index is -0.773. The van der Waals surface area contributed by atoms with Crippen molar-refractivity contribution in [3.05, 3.63) is 24.0 Å². The van der Waals surface area contributed by atoms with Crippen molar-refractivity contribution in [3.8, 4) is 5.75 Å². The third kappa shape index (κ3) is 3.46. The Balaban J connectivity index is 1.89. The van der Waals surface area contributed by atoms with Crippen LogP contribution in [0.3, 0.4) is 0 Å². The second-order valence-corrected chi connectivity index (χ2v) is 5.06. The van der Waals surface area contributed by atoms with E-state index in [0.717, 1.165) is 12.8 Å². The van der Waals surface area contributed by atoms with Gasteiger partial charge < -0.3 is 15.1 Å². The first-order chi connectivity index (χ1) is 9.58. The fraction of sp³-hybridized carbons (Fsp3) is 0.500. The number of aromatic nitrogens is 1. The van der Waals surface area contributed by atoms with Crippen molar-refractivity contribution in [2.45, 2.75) is 25.7 Å². The summed E-state index contributed by atoms with van der Waals surface area (Å²) in [7, 11) is 0. The number of aromatic hydroxyl groups is 1. The number of carbonyl (C=O) groups excluding carboxylic acids is 1. The van der Waals surface area contributed by atoms with E-state index in [1.807, 2.05) is 0 Å². The van der Waals surface area contributed by atoms with Gasteiger partial charge in [-0.05, 0) is 31.2 Å². The van der Waals surface area contributed by atoms with Crippen LogP contribution < -0.4 is 0 Å². The maximum atomic E-state index is 12.2. The molecule has 1 amide bonds. The molecule has 2 rings (SSSR count). The number of carboxylic acids is 1. The number of aliphatic carboxylic acids is 1. The Kier molecular flexibility index (Phi) is 4.55. The molecule has 6 nitrogen and oxygen atoms in total. The van der Waals surface area contributed by atoms with Crippen LogP contribution in [0.1, 0.15) is 36.0 Å². The van der Waals surface area contributed by atoms with E-state index in [9.17, 15) is 14.7 Å². The SMILES string of the molecule is O=C(O)CCC1CCN(C(=O)c2ccncc2O)CC1. The fourth-order valence-corrected chi connectivity index (χ4v) is 2.49. The Morgan fingerprint density at radius 3 is 2.65 bits per heavy atom. The average Bonchev–Trinajstić information content (AvgIpc) is 2.45. The number of pyridine rings is 1. The van der Waals surface area contributed by atoms with Crippen LogP contribution in [0.25, 0.3) is 0 Å². The lowest BCUT2D eigenvalue weighted by Crippen LogP contribution is -2.38. The monoisotopic (exact) mass is 278 g/mol. The van der Waals surface area contributed by atoms with Gasteiger partial charge in [0.2, 0.25) is 0 Å². The van der Waals surface area contributed by atoms with Gasteiger partial charge in [0.1, 0.15) is 5.75 Å². The minimum Gasteiger partial charge on any atom is -0.505 e. The topological polar surface area (TPSA) is 90.7 Å². The van der Waals surface area contributed by atoms with E-state index >= 15 is 0 Å². The summed E-state index contributed by atoms with van der Waals surface area (Å²) in [6.45, 7) is 1.20. The third-order valence-corrected chi connectivity index (χ3v) is 3.70. The van der Waals surface area contributed by atoms with Gasteiger partial charge in [0, 0.05) is 25.7 Å². The Morgan fingerprint density at radius 2 is 2.05 bits per heavy atom. The van der Waals surface area contributed by atoms with E-state index in [2.05, 4.69) is 4.98 Å². The van der Waals surface area contributed by atoms with Crippen LogP contribution in [0, 0.1) is 5.92 Å². The molecule has 0 aromatic carbocycles. The highest BCUT2D eigenvalue weighted by molar-refractivity contribution is 5.96. The van der Waals surface area contributed by atoms with Gasteiger partial charge in [0.15, 0.2) is 0 Å². The number of nitrogens with zero attached hydrogens (tertiary/aromatic N) is 2. The summed E-state index contributed by atoms with van der Waals surface area (Å²) in [5, 5.41) is 18.3. The second kappa shape index (κ2) is 6.36. The molecule has 1 aliphatic rings. The minimum absolute atomic E-state index is 0.106. The van der Waals surface area contributed by atoms with Crippen molar-refractivity contribution in [1.29, 1.82) is 0 Å². The highest BCUT2D eigenvalue weighted by atomic mass is 16.4. The van der Waals surface area contributed by atoms with Crippen LogP contribution in [0.15, 0.2) is 18.5 Å². The maximum Gasteiger partial charge on any atom is 0.303 e. The van der Waals surface area contributed by atoms with Crippen LogP contribution in [0.2, 0.25) is 0 Å². The Morgan fingerprint density at radius 1 is 1.35 bits per heavy atom. The molecule has 0 unspecified atom stereocenters. The molecule has 0 radical (unpaired) electrons. The smallest absolute Gasteiger partial charge is 0.303 e. The van der Waals surface area contributed by atoms with E-state index in [0.29, 0.717) is 25.4 Å². The van der Waals surface area contributed by atoms with Crippen molar-refractivity contribution in [3.63, 3.8) is 0 Å². The summed E-state index contributed by atoms with van der Waals surface area (Å²) in [5.74, 6) is -0.710. The molecule has 2 N–H and O–H groups in total. The Bertz CT molecular complexity index is 496. The maximum absolute atomic E-state index is 12.2. The molecular weight excluding hydrogens is 260 g/mol. The van der Waals surface area contributed by atoms with Crippen molar-refractivity contribution >= 4 is 11.9 Å². The summed E-state index contributed by atoms with van der Waals surface area (Å²) in [6, 6.07) is 1.51. The normalized spacial score (nSPS) is 16.1. The van der Waals surface area contributed by atoms with Crippen LogP contribution in [0.5, 0.6) is 5.75 Å². The number of carbonyl (C=O) groups is 2. The number of piperidine rings is 1. The summed E-state index contributed by atoms with van der Waals surface area (Å²) in [5.41, 5.74) is 0.268. The van der Waals surface area contributed by atoms with E-state index in [4.69, 9.17) is 5.11 Å². The molecule has 20 heavy (non-hydrogen) atoms. The van der Waals surface area contributed by atoms with Gasteiger partial charge in [-0.15, -0.1) is 0 Å². The Labute approximate surface area is 117 Å². The van der Waals surface area contributed by atoms with Gasteiger partial charge in [-0.2, -0.15) is 0 Å². The molecule has 6 heteroatoms. The van der Waals surface area contributed by atoms with Crippen molar-refractivity contribution in [2.24, 2.45) is 5.92 Å². The van der Waals surface area contributed by atoms with Crippen LogP contribution in [-0.4, -0.2) is 45.1 Å².